The van der Waals surface area contributed by atoms with Crippen LogP contribution in [0.2, 0.25) is 0 Å². The molecule has 0 saturated carbocycles. The molecule has 0 N–H and O–H groups in total. The molecule has 0 radical (unpaired) electrons. The summed E-state index contributed by atoms with van der Waals surface area (Å²) in [5.74, 6) is 0.699. The third kappa shape index (κ3) is 3.06. The Kier molecular flexibility index (Phi) is 4.95. The summed E-state index contributed by atoms with van der Waals surface area (Å²) in [4.78, 5) is 14.0. The van der Waals surface area contributed by atoms with E-state index in [9.17, 15) is 4.79 Å². The van der Waals surface area contributed by atoms with E-state index in [1.165, 1.54) is 0 Å². The van der Waals surface area contributed by atoms with Crippen molar-refractivity contribution >= 4 is 11.6 Å². The second-order valence-electron chi connectivity index (χ2n) is 4.56. The van der Waals surface area contributed by atoms with E-state index in [0.29, 0.717) is 6.61 Å². The largest absolute Gasteiger partial charge is 0.497 e. The van der Waals surface area contributed by atoms with Gasteiger partial charge in [-0.3, -0.25) is 9.69 Å². The Bertz CT molecular complexity index is 548. The summed E-state index contributed by atoms with van der Waals surface area (Å²) in [6, 6.07) is 7.23. The van der Waals surface area contributed by atoms with Gasteiger partial charge >= 0.3 is 0 Å². The van der Waals surface area contributed by atoms with Crippen LogP contribution >= 0.6 is 0 Å². The van der Waals surface area contributed by atoms with Gasteiger partial charge in [0.2, 0.25) is 0 Å². The van der Waals surface area contributed by atoms with Crippen LogP contribution in [0, 0.1) is 0 Å². The first-order valence-electron chi connectivity index (χ1n) is 6.71. The van der Waals surface area contributed by atoms with E-state index >= 15 is 0 Å². The summed E-state index contributed by atoms with van der Waals surface area (Å²) < 4.78 is 10.7. The number of carbonyl (C=O) groups is 1. The standard InChI is InChI=1S/C17H19NO3/c1-4-6-7-15-16(21-12-5-2)17(19)18(15)13-8-10-14(20-3)11-9-13/h4-11,15-16H,1-2,12H2,3H3/b7-6+/t15?,16-/m1/s1. The van der Waals surface area contributed by atoms with Crippen molar-refractivity contribution in [2.75, 3.05) is 18.6 Å². The van der Waals surface area contributed by atoms with Gasteiger partial charge < -0.3 is 9.47 Å². The summed E-state index contributed by atoms with van der Waals surface area (Å²) in [7, 11) is 1.61. The fourth-order valence-corrected chi connectivity index (χ4v) is 2.25. The Balaban J connectivity index is 2.19. The van der Waals surface area contributed by atoms with Crippen LogP contribution in [0.25, 0.3) is 0 Å². The number of hydrogen-bond acceptors (Lipinski definition) is 3. The van der Waals surface area contributed by atoms with Crippen molar-refractivity contribution in [3.8, 4) is 5.75 Å². The minimum absolute atomic E-state index is 0.0549. The van der Waals surface area contributed by atoms with E-state index < -0.39 is 6.10 Å². The molecule has 1 saturated heterocycles. The summed E-state index contributed by atoms with van der Waals surface area (Å²) in [5.41, 5.74) is 0.818. The maximum Gasteiger partial charge on any atom is 0.259 e. The third-order valence-electron chi connectivity index (χ3n) is 3.28. The van der Waals surface area contributed by atoms with Crippen LogP contribution < -0.4 is 9.64 Å². The Labute approximate surface area is 125 Å². The van der Waals surface area contributed by atoms with Gasteiger partial charge in [0.15, 0.2) is 6.10 Å². The van der Waals surface area contributed by atoms with Gasteiger partial charge in [-0.25, -0.2) is 0 Å². The van der Waals surface area contributed by atoms with Crippen LogP contribution in [-0.2, 0) is 9.53 Å². The van der Waals surface area contributed by atoms with E-state index in [-0.39, 0.29) is 11.9 Å². The van der Waals surface area contributed by atoms with Crippen LogP contribution in [0.1, 0.15) is 0 Å². The average molecular weight is 285 g/mol. The minimum atomic E-state index is -0.471. The van der Waals surface area contributed by atoms with Gasteiger partial charge in [-0.1, -0.05) is 30.9 Å². The summed E-state index contributed by atoms with van der Waals surface area (Å²) in [6.45, 7) is 7.61. The number of amides is 1. The molecule has 110 valence electrons. The molecule has 1 aliphatic rings. The van der Waals surface area contributed by atoms with Crippen molar-refractivity contribution in [3.05, 3.63) is 61.7 Å². The van der Waals surface area contributed by atoms with Gasteiger partial charge in [0.05, 0.1) is 19.8 Å². The van der Waals surface area contributed by atoms with Crippen molar-refractivity contribution in [1.82, 2.24) is 0 Å². The highest BCUT2D eigenvalue weighted by Crippen LogP contribution is 2.32. The summed E-state index contributed by atoms with van der Waals surface area (Å²) >= 11 is 0. The van der Waals surface area contributed by atoms with Gasteiger partial charge in [-0.05, 0) is 24.3 Å². The molecular weight excluding hydrogens is 266 g/mol. The second-order valence-corrected chi connectivity index (χ2v) is 4.56. The molecule has 0 spiro atoms. The molecule has 1 aromatic carbocycles. The average Bonchev–Trinajstić information content (AvgIpc) is 2.52. The van der Waals surface area contributed by atoms with Crippen LogP contribution in [0.5, 0.6) is 5.75 Å². The number of β-lactam (4-membered cyclic amide) rings is 1. The molecule has 0 bridgehead atoms. The number of ether oxygens (including phenoxy) is 2. The molecule has 21 heavy (non-hydrogen) atoms. The predicted octanol–water partition coefficient (Wildman–Crippen LogP) is 2.72. The van der Waals surface area contributed by atoms with Gasteiger partial charge in [-0.2, -0.15) is 0 Å². The third-order valence-corrected chi connectivity index (χ3v) is 3.28. The number of anilines is 1. The molecule has 1 unspecified atom stereocenters. The van der Waals surface area contributed by atoms with Crippen molar-refractivity contribution in [2.24, 2.45) is 0 Å². The van der Waals surface area contributed by atoms with Gasteiger partial charge in [0.1, 0.15) is 5.75 Å². The van der Waals surface area contributed by atoms with Gasteiger partial charge in [0.25, 0.3) is 5.91 Å². The zero-order valence-corrected chi connectivity index (χ0v) is 12.1. The first kappa shape index (κ1) is 15.1. The second kappa shape index (κ2) is 6.90. The van der Waals surface area contributed by atoms with Crippen LogP contribution in [0.3, 0.4) is 0 Å². The van der Waals surface area contributed by atoms with E-state index in [4.69, 9.17) is 9.47 Å². The Morgan fingerprint density at radius 1 is 1.29 bits per heavy atom. The number of carbonyl (C=O) groups excluding carboxylic acids is 1. The number of nitrogens with zero attached hydrogens (tertiary/aromatic N) is 1. The SMILES string of the molecule is C=C/C=C/C1[C@@H](OCC=C)C(=O)N1c1ccc(OC)cc1. The fourth-order valence-electron chi connectivity index (χ4n) is 2.25. The molecular formula is C17H19NO3. The van der Waals surface area contributed by atoms with Crippen LogP contribution in [-0.4, -0.2) is 31.8 Å². The Hall–Kier alpha value is -2.33. The molecule has 4 nitrogen and oxygen atoms in total. The molecule has 1 fully saturated rings. The van der Waals surface area contributed by atoms with Crippen LogP contribution in [0.4, 0.5) is 5.69 Å². The van der Waals surface area contributed by atoms with Crippen molar-refractivity contribution in [3.63, 3.8) is 0 Å². The predicted molar refractivity (Wildman–Crippen MR) is 83.5 cm³/mol. The number of hydrogen-bond donors (Lipinski definition) is 0. The topological polar surface area (TPSA) is 38.8 Å². The molecule has 2 atom stereocenters. The molecule has 1 aliphatic heterocycles. The highest BCUT2D eigenvalue weighted by Gasteiger charge is 2.47. The first-order chi connectivity index (χ1) is 10.2. The monoisotopic (exact) mass is 285 g/mol. The fraction of sp³-hybridized carbons (Fsp3) is 0.235. The maximum absolute atomic E-state index is 12.3. The van der Waals surface area contributed by atoms with Gasteiger partial charge in [0, 0.05) is 5.69 Å². The normalized spacial score (nSPS) is 21.2. The lowest BCUT2D eigenvalue weighted by atomic mass is 9.96. The number of benzene rings is 1. The highest BCUT2D eigenvalue weighted by molar-refractivity contribution is 6.05. The van der Waals surface area contributed by atoms with Crippen molar-refractivity contribution < 1.29 is 14.3 Å². The Morgan fingerprint density at radius 3 is 2.57 bits per heavy atom. The van der Waals surface area contributed by atoms with Crippen molar-refractivity contribution in [2.45, 2.75) is 12.1 Å². The molecule has 1 amide bonds. The number of rotatable bonds is 7. The van der Waals surface area contributed by atoms with E-state index in [2.05, 4.69) is 13.2 Å². The number of allylic oxidation sites excluding steroid dienone is 2. The lowest BCUT2D eigenvalue weighted by Crippen LogP contribution is -2.65. The quantitative estimate of drug-likeness (QED) is 0.439. The van der Waals surface area contributed by atoms with E-state index in [1.807, 2.05) is 36.4 Å². The van der Waals surface area contributed by atoms with E-state index in [1.54, 1.807) is 24.2 Å². The Morgan fingerprint density at radius 2 is 2.00 bits per heavy atom. The lowest BCUT2D eigenvalue weighted by Gasteiger charge is -2.45. The zero-order valence-electron chi connectivity index (χ0n) is 12.1. The molecule has 0 aliphatic carbocycles. The lowest BCUT2D eigenvalue weighted by molar-refractivity contribution is -0.139. The molecule has 1 aromatic rings. The molecule has 0 aromatic heterocycles. The molecule has 4 heteroatoms. The summed E-state index contributed by atoms with van der Waals surface area (Å²) in [5, 5.41) is 0. The van der Waals surface area contributed by atoms with Crippen molar-refractivity contribution in [1.29, 1.82) is 0 Å². The zero-order chi connectivity index (χ0) is 15.2. The smallest absolute Gasteiger partial charge is 0.259 e. The number of methoxy groups -OCH3 is 1. The minimum Gasteiger partial charge on any atom is -0.497 e. The van der Waals surface area contributed by atoms with Crippen LogP contribution in [0.15, 0.2) is 61.7 Å². The molecule has 2 rings (SSSR count). The summed E-state index contributed by atoms with van der Waals surface area (Å²) in [6.07, 6.45) is 6.57. The highest BCUT2D eigenvalue weighted by atomic mass is 16.5. The maximum atomic E-state index is 12.3. The van der Waals surface area contributed by atoms with Gasteiger partial charge in [-0.15, -0.1) is 6.58 Å². The van der Waals surface area contributed by atoms with E-state index in [0.717, 1.165) is 11.4 Å². The molecule has 1 heterocycles. The first-order valence-corrected chi connectivity index (χ1v) is 6.71.